The van der Waals surface area contributed by atoms with Crippen LogP contribution >= 0.6 is 0 Å². The van der Waals surface area contributed by atoms with Crippen LogP contribution in [0.3, 0.4) is 0 Å². The smallest absolute Gasteiger partial charge is 0.326 e. The van der Waals surface area contributed by atoms with E-state index in [1.54, 1.807) is 27.7 Å². The van der Waals surface area contributed by atoms with Gasteiger partial charge in [-0.25, -0.2) is 4.79 Å². The molecule has 2 amide bonds. The second-order valence-corrected chi connectivity index (χ2v) is 9.40. The molecule has 0 radical (unpaired) electrons. The van der Waals surface area contributed by atoms with Gasteiger partial charge in [-0.3, -0.25) is 9.59 Å². The Morgan fingerprint density at radius 3 is 2.13 bits per heavy atom. The van der Waals surface area contributed by atoms with E-state index in [9.17, 15) is 19.5 Å². The van der Waals surface area contributed by atoms with Gasteiger partial charge >= 0.3 is 5.97 Å². The highest BCUT2D eigenvalue weighted by Gasteiger charge is 2.62. The van der Waals surface area contributed by atoms with E-state index in [-0.39, 0.29) is 12.3 Å². The summed E-state index contributed by atoms with van der Waals surface area (Å²) in [6, 6.07) is -1.03. The molecule has 0 aliphatic carbocycles. The van der Waals surface area contributed by atoms with Crippen LogP contribution in [0.25, 0.3) is 0 Å². The topological polar surface area (TPSA) is 142 Å². The first-order chi connectivity index (χ1) is 14.3. The van der Waals surface area contributed by atoms with Crippen molar-refractivity contribution < 1.29 is 43.2 Å². The molecule has 3 saturated heterocycles. The lowest BCUT2D eigenvalue weighted by Crippen LogP contribution is -2.60. The van der Waals surface area contributed by atoms with E-state index in [4.69, 9.17) is 23.7 Å². The van der Waals surface area contributed by atoms with Gasteiger partial charge in [0.2, 0.25) is 5.91 Å². The van der Waals surface area contributed by atoms with Gasteiger partial charge in [0.05, 0.1) is 6.54 Å². The first kappa shape index (κ1) is 23.9. The average Bonchev–Trinajstić information content (AvgIpc) is 3.11. The van der Waals surface area contributed by atoms with Gasteiger partial charge in [0.1, 0.15) is 24.4 Å². The summed E-state index contributed by atoms with van der Waals surface area (Å²) in [5, 5.41) is 14.2. The highest BCUT2D eigenvalue weighted by Crippen LogP contribution is 2.44. The van der Waals surface area contributed by atoms with Crippen LogP contribution < -0.4 is 10.6 Å². The summed E-state index contributed by atoms with van der Waals surface area (Å²) in [4.78, 5) is 36.4. The minimum absolute atomic E-state index is 0.0808. The Morgan fingerprint density at radius 2 is 1.52 bits per heavy atom. The van der Waals surface area contributed by atoms with Gasteiger partial charge in [-0.2, -0.15) is 0 Å². The van der Waals surface area contributed by atoms with Crippen molar-refractivity contribution in [2.45, 2.75) is 96.3 Å². The molecule has 0 aromatic carbocycles. The van der Waals surface area contributed by atoms with Gasteiger partial charge in [-0.05, 0) is 40.0 Å². The molecule has 0 aromatic heterocycles. The molecular formula is C20H32N2O9. The van der Waals surface area contributed by atoms with Crippen LogP contribution in [-0.4, -0.2) is 77.8 Å². The number of carboxylic acid groups (broad SMARTS) is 1. The van der Waals surface area contributed by atoms with Gasteiger partial charge in [0, 0.05) is 0 Å². The predicted molar refractivity (Wildman–Crippen MR) is 105 cm³/mol. The average molecular weight is 444 g/mol. The Morgan fingerprint density at radius 1 is 0.935 bits per heavy atom. The Balaban J connectivity index is 1.63. The van der Waals surface area contributed by atoms with Crippen LogP contribution in [-0.2, 0) is 38.1 Å². The van der Waals surface area contributed by atoms with Crippen molar-refractivity contribution in [3.8, 4) is 0 Å². The second-order valence-electron chi connectivity index (χ2n) is 9.40. The monoisotopic (exact) mass is 444 g/mol. The maximum atomic E-state index is 12.8. The maximum Gasteiger partial charge on any atom is 0.326 e. The lowest BCUT2D eigenvalue weighted by molar-refractivity contribution is -0.231. The Bertz CT molecular complexity index is 723. The molecular weight excluding hydrogens is 412 g/mol. The second kappa shape index (κ2) is 8.62. The SMILES string of the molecule is CC(C)CC(NC(=O)CNC(=O)C1O[C@@H]2OC(C)(C)O[C@@H]2[C@H]2OC(C)(C)O[C@@H]12)C(=O)O. The molecule has 3 aliphatic rings. The summed E-state index contributed by atoms with van der Waals surface area (Å²) in [5.41, 5.74) is 0. The fourth-order valence-corrected chi connectivity index (χ4v) is 4.03. The van der Waals surface area contributed by atoms with Crippen LogP contribution in [0.1, 0.15) is 48.0 Å². The van der Waals surface area contributed by atoms with Crippen molar-refractivity contribution in [1.29, 1.82) is 0 Å². The summed E-state index contributed by atoms with van der Waals surface area (Å²) in [6.45, 7) is 10.2. The summed E-state index contributed by atoms with van der Waals surface area (Å²) >= 11 is 0. The molecule has 3 heterocycles. The number of carbonyl (C=O) groups is 3. The van der Waals surface area contributed by atoms with Gasteiger partial charge in [0.15, 0.2) is 24.0 Å². The number of hydrogen-bond acceptors (Lipinski definition) is 8. The minimum Gasteiger partial charge on any atom is -0.480 e. The van der Waals surface area contributed by atoms with Crippen molar-refractivity contribution in [2.75, 3.05) is 6.54 Å². The summed E-state index contributed by atoms with van der Waals surface area (Å²) in [7, 11) is 0. The molecule has 0 aromatic rings. The zero-order valence-electron chi connectivity index (χ0n) is 18.7. The van der Waals surface area contributed by atoms with Crippen LogP contribution in [0, 0.1) is 5.92 Å². The fourth-order valence-electron chi connectivity index (χ4n) is 4.03. The number of rotatable bonds is 7. The molecule has 11 nitrogen and oxygen atoms in total. The fraction of sp³-hybridized carbons (Fsp3) is 0.850. The van der Waals surface area contributed by atoms with Crippen molar-refractivity contribution in [1.82, 2.24) is 10.6 Å². The predicted octanol–water partition coefficient (Wildman–Crippen LogP) is 0.115. The number of aliphatic carboxylic acids is 1. The van der Waals surface area contributed by atoms with Gasteiger partial charge in [-0.15, -0.1) is 0 Å². The Labute approximate surface area is 181 Å². The molecule has 3 N–H and O–H groups in total. The molecule has 3 fully saturated rings. The van der Waals surface area contributed by atoms with E-state index in [1.807, 2.05) is 13.8 Å². The third kappa shape index (κ3) is 5.53. The summed E-state index contributed by atoms with van der Waals surface area (Å²) < 4.78 is 29.3. The molecule has 0 bridgehead atoms. The third-order valence-electron chi connectivity index (χ3n) is 5.18. The first-order valence-electron chi connectivity index (χ1n) is 10.4. The zero-order chi connectivity index (χ0) is 23.1. The van der Waals surface area contributed by atoms with Crippen LogP contribution in [0.15, 0.2) is 0 Å². The first-order valence-corrected chi connectivity index (χ1v) is 10.4. The molecule has 176 valence electrons. The van der Waals surface area contributed by atoms with Gasteiger partial charge in [-0.1, -0.05) is 13.8 Å². The quantitative estimate of drug-likeness (QED) is 0.499. The summed E-state index contributed by atoms with van der Waals surface area (Å²) in [6.07, 6.45) is -3.57. The number of ether oxygens (including phenoxy) is 5. The van der Waals surface area contributed by atoms with E-state index in [0.29, 0.717) is 0 Å². The van der Waals surface area contributed by atoms with Crippen LogP contribution in [0.2, 0.25) is 0 Å². The highest BCUT2D eigenvalue weighted by atomic mass is 16.9. The molecule has 2 unspecified atom stereocenters. The molecule has 6 atom stereocenters. The van der Waals surface area contributed by atoms with Crippen molar-refractivity contribution in [2.24, 2.45) is 5.92 Å². The van der Waals surface area contributed by atoms with Gasteiger partial charge < -0.3 is 39.4 Å². The van der Waals surface area contributed by atoms with E-state index < -0.39 is 72.7 Å². The Kier molecular flexibility index (Phi) is 6.64. The molecule has 3 aliphatic heterocycles. The lowest BCUT2D eigenvalue weighted by atomic mass is 9.98. The molecule has 0 spiro atoms. The number of carboxylic acids is 1. The summed E-state index contributed by atoms with van der Waals surface area (Å²) in [5.74, 6) is -4.12. The number of fused-ring (bicyclic) bond motifs is 3. The largest absolute Gasteiger partial charge is 0.480 e. The molecule has 0 saturated carbocycles. The van der Waals surface area contributed by atoms with E-state index in [1.165, 1.54) is 0 Å². The van der Waals surface area contributed by atoms with E-state index in [0.717, 1.165) is 0 Å². The third-order valence-corrected chi connectivity index (χ3v) is 5.18. The van der Waals surface area contributed by atoms with Crippen molar-refractivity contribution in [3.05, 3.63) is 0 Å². The van der Waals surface area contributed by atoms with E-state index >= 15 is 0 Å². The van der Waals surface area contributed by atoms with E-state index in [2.05, 4.69) is 10.6 Å². The van der Waals surface area contributed by atoms with Gasteiger partial charge in [0.25, 0.3) is 5.91 Å². The number of hydrogen-bond donors (Lipinski definition) is 3. The highest BCUT2D eigenvalue weighted by molar-refractivity contribution is 5.89. The number of carbonyl (C=O) groups excluding carboxylic acids is 2. The lowest BCUT2D eigenvalue weighted by Gasteiger charge is -2.36. The molecule has 31 heavy (non-hydrogen) atoms. The molecule has 3 rings (SSSR count). The minimum atomic E-state index is -1.13. The van der Waals surface area contributed by atoms with Crippen LogP contribution in [0.4, 0.5) is 0 Å². The number of amides is 2. The van der Waals surface area contributed by atoms with Crippen molar-refractivity contribution >= 4 is 17.8 Å². The van der Waals surface area contributed by atoms with Crippen LogP contribution in [0.5, 0.6) is 0 Å². The zero-order valence-corrected chi connectivity index (χ0v) is 18.7. The maximum absolute atomic E-state index is 12.8. The standard InChI is InChI=1S/C20H32N2O9/c1-9(2)7-10(17(25)26)22-11(23)8-21-16(24)14-12-13(29-19(3,4)28-12)15-18(27-14)31-20(5,6)30-15/h9-10,12-15,18H,7-8H2,1-6H3,(H,21,24)(H,22,23)(H,25,26)/t10?,12-,13+,14?,15-,18-/m1/s1. The normalized spacial score (nSPS) is 34.0. The van der Waals surface area contributed by atoms with Crippen molar-refractivity contribution in [3.63, 3.8) is 0 Å². The number of nitrogens with one attached hydrogen (secondary N) is 2. The molecule has 11 heteroatoms. The Hall–Kier alpha value is -1.79.